The Labute approximate surface area is 118 Å². The first-order chi connectivity index (χ1) is 9.60. The Morgan fingerprint density at radius 2 is 1.95 bits per heavy atom. The normalized spacial score (nSPS) is 22.9. The number of imide groups is 1. The van der Waals surface area contributed by atoms with Crippen molar-refractivity contribution in [1.82, 2.24) is 15.5 Å². The maximum atomic E-state index is 11.8. The molecule has 1 aliphatic heterocycles. The fourth-order valence-electron chi connectivity index (χ4n) is 2.38. The van der Waals surface area contributed by atoms with E-state index in [0.29, 0.717) is 13.0 Å². The summed E-state index contributed by atoms with van der Waals surface area (Å²) in [5, 5.41) is 4.98. The van der Waals surface area contributed by atoms with E-state index in [1.807, 2.05) is 0 Å². The van der Waals surface area contributed by atoms with Crippen molar-refractivity contribution >= 4 is 17.9 Å². The molecule has 1 saturated heterocycles. The Balaban J connectivity index is 1.80. The van der Waals surface area contributed by atoms with E-state index in [0.717, 1.165) is 25.7 Å². The van der Waals surface area contributed by atoms with Gasteiger partial charge in [0.1, 0.15) is 6.04 Å². The van der Waals surface area contributed by atoms with Gasteiger partial charge in [-0.3, -0.25) is 19.8 Å². The summed E-state index contributed by atoms with van der Waals surface area (Å²) in [7, 11) is 1.35. The summed E-state index contributed by atoms with van der Waals surface area (Å²) in [6, 6.07) is -0.629. The molecule has 2 aliphatic rings. The molecular formula is C13H21N3O4. The minimum atomic E-state index is -0.455. The van der Waals surface area contributed by atoms with Gasteiger partial charge in [0.2, 0.25) is 5.91 Å². The lowest BCUT2D eigenvalue weighted by Gasteiger charge is -2.32. The first-order valence-corrected chi connectivity index (χ1v) is 7.02. The Hall–Kier alpha value is -1.63. The molecule has 1 atom stereocenters. The van der Waals surface area contributed by atoms with Gasteiger partial charge >= 0.3 is 12.0 Å². The zero-order valence-corrected chi connectivity index (χ0v) is 11.7. The van der Waals surface area contributed by atoms with Crippen LogP contribution in [-0.2, 0) is 14.3 Å². The number of carbonyl (C=O) groups is 3. The van der Waals surface area contributed by atoms with E-state index in [2.05, 4.69) is 10.6 Å². The number of carbonyl (C=O) groups excluding carboxylic acids is 3. The molecule has 0 aromatic carbocycles. The van der Waals surface area contributed by atoms with Crippen LogP contribution in [0.3, 0.4) is 0 Å². The quantitative estimate of drug-likeness (QED) is 0.709. The van der Waals surface area contributed by atoms with Gasteiger partial charge in [-0.2, -0.15) is 0 Å². The van der Waals surface area contributed by atoms with Crippen LogP contribution in [-0.4, -0.2) is 55.1 Å². The lowest BCUT2D eigenvalue weighted by Crippen LogP contribution is -2.51. The highest BCUT2D eigenvalue weighted by Gasteiger charge is 2.31. The highest BCUT2D eigenvalue weighted by molar-refractivity contribution is 5.95. The van der Waals surface area contributed by atoms with Crippen molar-refractivity contribution in [3.05, 3.63) is 0 Å². The topological polar surface area (TPSA) is 87.7 Å². The number of nitrogens with one attached hydrogen (secondary N) is 2. The van der Waals surface area contributed by atoms with E-state index in [-0.39, 0.29) is 30.5 Å². The van der Waals surface area contributed by atoms with Crippen LogP contribution in [0.2, 0.25) is 0 Å². The van der Waals surface area contributed by atoms with Gasteiger partial charge in [0.15, 0.2) is 0 Å². The number of ether oxygens (including phenoxy) is 1. The second-order valence-corrected chi connectivity index (χ2v) is 5.30. The SMILES string of the molecule is COC(=O)[C@H]1CCCCN1CC(=O)NC(=O)NC1CC1. The van der Waals surface area contributed by atoms with E-state index < -0.39 is 6.03 Å². The van der Waals surface area contributed by atoms with Crippen LogP contribution in [0.1, 0.15) is 32.1 Å². The number of esters is 1. The molecule has 7 nitrogen and oxygen atoms in total. The molecule has 0 radical (unpaired) electrons. The van der Waals surface area contributed by atoms with Crippen LogP contribution in [0.15, 0.2) is 0 Å². The van der Waals surface area contributed by atoms with E-state index in [1.54, 1.807) is 4.90 Å². The molecule has 2 rings (SSSR count). The molecular weight excluding hydrogens is 262 g/mol. The van der Waals surface area contributed by atoms with Crippen LogP contribution in [0, 0.1) is 0 Å². The van der Waals surface area contributed by atoms with E-state index in [4.69, 9.17) is 4.74 Å². The molecule has 0 spiro atoms. The van der Waals surface area contributed by atoms with Crippen molar-refractivity contribution in [2.24, 2.45) is 0 Å². The molecule has 1 heterocycles. The lowest BCUT2D eigenvalue weighted by atomic mass is 10.0. The minimum Gasteiger partial charge on any atom is -0.468 e. The van der Waals surface area contributed by atoms with Crippen LogP contribution in [0.5, 0.6) is 0 Å². The molecule has 0 aromatic heterocycles. The summed E-state index contributed by atoms with van der Waals surface area (Å²) < 4.78 is 4.75. The summed E-state index contributed by atoms with van der Waals surface area (Å²) >= 11 is 0. The Morgan fingerprint density at radius 1 is 1.20 bits per heavy atom. The second-order valence-electron chi connectivity index (χ2n) is 5.30. The van der Waals surface area contributed by atoms with E-state index in [9.17, 15) is 14.4 Å². The van der Waals surface area contributed by atoms with Gasteiger partial charge in [-0.05, 0) is 32.2 Å². The molecule has 2 fully saturated rings. The molecule has 0 aromatic rings. The number of rotatable bonds is 4. The number of nitrogens with zero attached hydrogens (tertiary/aromatic N) is 1. The monoisotopic (exact) mass is 283 g/mol. The summed E-state index contributed by atoms with van der Waals surface area (Å²) in [5.74, 6) is -0.709. The van der Waals surface area contributed by atoms with Crippen molar-refractivity contribution in [3.63, 3.8) is 0 Å². The molecule has 3 amide bonds. The van der Waals surface area contributed by atoms with Gasteiger partial charge < -0.3 is 10.1 Å². The maximum Gasteiger partial charge on any atom is 0.323 e. The van der Waals surface area contributed by atoms with Gasteiger partial charge in [0, 0.05) is 6.04 Å². The average Bonchev–Trinajstić information content (AvgIpc) is 3.22. The van der Waals surface area contributed by atoms with Crippen LogP contribution < -0.4 is 10.6 Å². The predicted molar refractivity (Wildman–Crippen MR) is 70.9 cm³/mol. The van der Waals surface area contributed by atoms with Gasteiger partial charge in [-0.15, -0.1) is 0 Å². The van der Waals surface area contributed by atoms with Crippen LogP contribution >= 0.6 is 0 Å². The van der Waals surface area contributed by atoms with Gasteiger partial charge in [-0.1, -0.05) is 6.42 Å². The molecule has 1 aliphatic carbocycles. The number of likely N-dealkylation sites (tertiary alicyclic amines) is 1. The molecule has 1 saturated carbocycles. The van der Waals surface area contributed by atoms with Crippen molar-refractivity contribution in [2.45, 2.75) is 44.2 Å². The standard InChI is InChI=1S/C13H21N3O4/c1-20-12(18)10-4-2-3-7-16(10)8-11(17)15-13(19)14-9-5-6-9/h9-10H,2-8H2,1H3,(H2,14,15,17,19)/t10-/m1/s1. The summed E-state index contributed by atoms with van der Waals surface area (Å²) in [4.78, 5) is 36.7. The summed E-state index contributed by atoms with van der Waals surface area (Å²) in [6.07, 6.45) is 4.51. The number of urea groups is 1. The number of amides is 3. The van der Waals surface area contributed by atoms with Crippen molar-refractivity contribution < 1.29 is 19.1 Å². The third-order valence-corrected chi connectivity index (χ3v) is 3.60. The van der Waals surface area contributed by atoms with Crippen LogP contribution in [0.25, 0.3) is 0 Å². The van der Waals surface area contributed by atoms with Gasteiger partial charge in [0.05, 0.1) is 13.7 Å². The summed E-state index contributed by atoms with van der Waals surface area (Å²) in [5.41, 5.74) is 0. The highest BCUT2D eigenvalue weighted by Crippen LogP contribution is 2.18. The smallest absolute Gasteiger partial charge is 0.323 e. The Morgan fingerprint density at radius 3 is 2.60 bits per heavy atom. The largest absolute Gasteiger partial charge is 0.468 e. The molecule has 7 heteroatoms. The van der Waals surface area contributed by atoms with E-state index in [1.165, 1.54) is 7.11 Å². The molecule has 112 valence electrons. The van der Waals surface area contributed by atoms with Gasteiger partial charge in [-0.25, -0.2) is 4.79 Å². The minimum absolute atomic E-state index is 0.0395. The van der Waals surface area contributed by atoms with Crippen molar-refractivity contribution in [2.75, 3.05) is 20.2 Å². The average molecular weight is 283 g/mol. The fourth-order valence-corrected chi connectivity index (χ4v) is 2.38. The van der Waals surface area contributed by atoms with Crippen molar-refractivity contribution in [1.29, 1.82) is 0 Å². The Bertz CT molecular complexity index is 395. The maximum absolute atomic E-state index is 11.8. The Kier molecular flexibility index (Phi) is 4.94. The first-order valence-electron chi connectivity index (χ1n) is 7.02. The van der Waals surface area contributed by atoms with Crippen molar-refractivity contribution in [3.8, 4) is 0 Å². The highest BCUT2D eigenvalue weighted by atomic mass is 16.5. The fraction of sp³-hybridized carbons (Fsp3) is 0.769. The zero-order chi connectivity index (χ0) is 14.5. The predicted octanol–water partition coefficient (Wildman–Crippen LogP) is 0.00210. The zero-order valence-electron chi connectivity index (χ0n) is 11.7. The molecule has 0 unspecified atom stereocenters. The van der Waals surface area contributed by atoms with Crippen LogP contribution in [0.4, 0.5) is 4.79 Å². The lowest BCUT2D eigenvalue weighted by molar-refractivity contribution is -0.148. The number of hydrogen-bond donors (Lipinski definition) is 2. The number of methoxy groups -OCH3 is 1. The van der Waals surface area contributed by atoms with E-state index >= 15 is 0 Å². The second kappa shape index (κ2) is 6.69. The molecule has 20 heavy (non-hydrogen) atoms. The third kappa shape index (κ3) is 4.19. The number of piperidine rings is 1. The first kappa shape index (κ1) is 14.8. The van der Waals surface area contributed by atoms with Gasteiger partial charge in [0.25, 0.3) is 0 Å². The summed E-state index contributed by atoms with van der Waals surface area (Å²) in [6.45, 7) is 0.704. The molecule has 2 N–H and O–H groups in total. The molecule has 0 bridgehead atoms. The number of hydrogen-bond acceptors (Lipinski definition) is 5. The third-order valence-electron chi connectivity index (χ3n) is 3.60.